The summed E-state index contributed by atoms with van der Waals surface area (Å²) in [7, 11) is 0. The van der Waals surface area contributed by atoms with Crippen LogP contribution in [0.4, 0.5) is 0 Å². The number of nitrogens with zero attached hydrogens (tertiary/aromatic N) is 2. The Morgan fingerprint density at radius 2 is 1.78 bits per heavy atom. The molecule has 1 atom stereocenters. The molecule has 2 aromatic carbocycles. The van der Waals surface area contributed by atoms with Gasteiger partial charge in [0.05, 0.1) is 34.1 Å². The lowest BCUT2D eigenvalue weighted by molar-refractivity contribution is 0.00674. The second-order valence-electron chi connectivity index (χ2n) is 9.46. The van der Waals surface area contributed by atoms with Crippen LogP contribution in [0, 0.1) is 5.41 Å². The van der Waals surface area contributed by atoms with Crippen LogP contribution >= 0.6 is 11.6 Å². The summed E-state index contributed by atoms with van der Waals surface area (Å²) >= 11 is 5.70. The van der Waals surface area contributed by atoms with Crippen molar-refractivity contribution in [1.29, 1.82) is 5.41 Å². The van der Waals surface area contributed by atoms with Crippen molar-refractivity contribution in [3.8, 4) is 0 Å². The predicted octanol–water partition coefficient (Wildman–Crippen LogP) is 5.07. The molecule has 0 spiro atoms. The molecule has 0 fully saturated rings. The number of alkyl halides is 1. The maximum absolute atomic E-state index is 13.5. The van der Waals surface area contributed by atoms with Gasteiger partial charge in [0.15, 0.2) is 0 Å². The minimum absolute atomic E-state index is 0.118. The molecular weight excluding hydrogens is 478 g/mol. The predicted molar refractivity (Wildman–Crippen MR) is 143 cm³/mol. The molecule has 0 saturated heterocycles. The van der Waals surface area contributed by atoms with Gasteiger partial charge in [-0.3, -0.25) is 10.2 Å². The monoisotopic (exact) mass is 511 g/mol. The standard InChI is InChI=1S/C27H34ClN5O3/c1-5-33-22-15-9-8-13-20(22)31-24(33)21(14-10-16-30-23(29)17-28)32-25(34)18-11-6-7-12-19(18)26(35)36-27(2,3)4/h6-9,11-13,15,21H,5,10,14,16-17H2,1-4H3,(H2,29,30)(H,32,34)/t21-/m0/s1. The Labute approximate surface area is 216 Å². The topological polar surface area (TPSA) is 109 Å². The van der Waals surface area contributed by atoms with Crippen LogP contribution in [0.3, 0.4) is 0 Å². The molecule has 0 aliphatic heterocycles. The first-order valence-electron chi connectivity index (χ1n) is 12.1. The lowest BCUT2D eigenvalue weighted by atomic mass is 10.0. The molecule has 36 heavy (non-hydrogen) atoms. The molecule has 1 heterocycles. The number of esters is 1. The summed E-state index contributed by atoms with van der Waals surface area (Å²) in [5.74, 6) is 0.193. The number of para-hydroxylation sites is 2. The molecule has 3 aromatic rings. The molecule has 192 valence electrons. The van der Waals surface area contributed by atoms with Crippen molar-refractivity contribution < 1.29 is 14.3 Å². The minimum Gasteiger partial charge on any atom is -0.456 e. The number of hydrogen-bond acceptors (Lipinski definition) is 5. The summed E-state index contributed by atoms with van der Waals surface area (Å²) in [4.78, 5) is 31.1. The normalized spacial score (nSPS) is 12.2. The average molecular weight is 512 g/mol. The maximum Gasteiger partial charge on any atom is 0.339 e. The van der Waals surface area contributed by atoms with Crippen molar-refractivity contribution in [2.45, 2.75) is 58.7 Å². The van der Waals surface area contributed by atoms with Crippen molar-refractivity contribution in [3.05, 3.63) is 65.5 Å². The molecule has 0 radical (unpaired) electrons. The van der Waals surface area contributed by atoms with E-state index >= 15 is 0 Å². The average Bonchev–Trinajstić information content (AvgIpc) is 3.23. The van der Waals surface area contributed by atoms with Gasteiger partial charge in [-0.05, 0) is 64.8 Å². The number of fused-ring (bicyclic) bond motifs is 1. The summed E-state index contributed by atoms with van der Waals surface area (Å²) in [6.07, 6.45) is 1.25. The lowest BCUT2D eigenvalue weighted by Gasteiger charge is -2.22. The fraction of sp³-hybridized carbons (Fsp3) is 0.407. The first kappa shape index (κ1) is 27.2. The number of rotatable bonds is 10. The summed E-state index contributed by atoms with van der Waals surface area (Å²) in [5, 5.41) is 13.8. The van der Waals surface area contributed by atoms with Gasteiger partial charge in [0, 0.05) is 13.1 Å². The van der Waals surface area contributed by atoms with Gasteiger partial charge < -0.3 is 19.9 Å². The Morgan fingerprint density at radius 3 is 2.44 bits per heavy atom. The van der Waals surface area contributed by atoms with Gasteiger partial charge in [0.2, 0.25) is 0 Å². The van der Waals surface area contributed by atoms with Gasteiger partial charge in [-0.1, -0.05) is 24.3 Å². The van der Waals surface area contributed by atoms with E-state index in [0.717, 1.165) is 16.9 Å². The molecule has 0 unspecified atom stereocenters. The van der Waals surface area contributed by atoms with Crippen molar-refractivity contribution in [3.63, 3.8) is 0 Å². The number of carbonyl (C=O) groups excluding carboxylic acids is 2. The third-order valence-corrected chi connectivity index (χ3v) is 5.82. The van der Waals surface area contributed by atoms with Crippen LogP contribution < -0.4 is 10.6 Å². The van der Waals surface area contributed by atoms with Crippen LogP contribution in [0.1, 0.15) is 73.1 Å². The van der Waals surface area contributed by atoms with Crippen LogP contribution in [-0.2, 0) is 11.3 Å². The van der Waals surface area contributed by atoms with E-state index in [0.29, 0.717) is 25.9 Å². The van der Waals surface area contributed by atoms with E-state index in [-0.39, 0.29) is 28.7 Å². The molecular formula is C27H34ClN5O3. The van der Waals surface area contributed by atoms with Gasteiger partial charge >= 0.3 is 5.97 Å². The van der Waals surface area contributed by atoms with Crippen LogP contribution in [0.5, 0.6) is 0 Å². The van der Waals surface area contributed by atoms with Crippen molar-refractivity contribution in [1.82, 2.24) is 20.2 Å². The number of ether oxygens (including phenoxy) is 1. The van der Waals surface area contributed by atoms with Crippen molar-refractivity contribution in [2.75, 3.05) is 12.4 Å². The van der Waals surface area contributed by atoms with E-state index in [2.05, 4.69) is 15.2 Å². The highest BCUT2D eigenvalue weighted by molar-refractivity contribution is 6.27. The number of aromatic nitrogens is 2. The van der Waals surface area contributed by atoms with Gasteiger partial charge in [0.1, 0.15) is 17.3 Å². The summed E-state index contributed by atoms with van der Waals surface area (Å²) in [5.41, 5.74) is 1.62. The number of benzene rings is 2. The smallest absolute Gasteiger partial charge is 0.339 e. The molecule has 1 aromatic heterocycles. The van der Waals surface area contributed by atoms with E-state index in [1.165, 1.54) is 0 Å². The number of amides is 1. The summed E-state index contributed by atoms with van der Waals surface area (Å²) in [6.45, 7) is 8.63. The third-order valence-electron chi connectivity index (χ3n) is 5.55. The second kappa shape index (κ2) is 12.0. The van der Waals surface area contributed by atoms with Crippen molar-refractivity contribution >= 4 is 40.3 Å². The number of nitrogens with one attached hydrogen (secondary N) is 3. The molecule has 0 aliphatic rings. The number of aryl methyl sites for hydroxylation is 1. The number of halogens is 1. The zero-order valence-electron chi connectivity index (χ0n) is 21.2. The van der Waals surface area contributed by atoms with Gasteiger partial charge in [-0.15, -0.1) is 11.6 Å². The van der Waals surface area contributed by atoms with E-state index in [1.807, 2.05) is 31.2 Å². The van der Waals surface area contributed by atoms with E-state index < -0.39 is 17.6 Å². The number of amidine groups is 1. The first-order chi connectivity index (χ1) is 17.1. The largest absolute Gasteiger partial charge is 0.456 e. The molecule has 9 heteroatoms. The highest BCUT2D eigenvalue weighted by Crippen LogP contribution is 2.25. The first-order valence-corrected chi connectivity index (χ1v) is 12.6. The van der Waals surface area contributed by atoms with E-state index in [4.69, 9.17) is 26.7 Å². The van der Waals surface area contributed by atoms with Crippen LogP contribution in [-0.4, -0.2) is 45.3 Å². The quantitative estimate of drug-likeness (QED) is 0.116. The molecule has 1 amide bonds. The highest BCUT2D eigenvalue weighted by Gasteiger charge is 2.26. The fourth-order valence-electron chi connectivity index (χ4n) is 3.98. The molecule has 3 N–H and O–H groups in total. The van der Waals surface area contributed by atoms with Gasteiger partial charge in [-0.25, -0.2) is 9.78 Å². The summed E-state index contributed by atoms with van der Waals surface area (Å²) < 4.78 is 7.61. The molecule has 0 saturated carbocycles. The van der Waals surface area contributed by atoms with Gasteiger partial charge in [-0.2, -0.15) is 0 Å². The second-order valence-corrected chi connectivity index (χ2v) is 9.72. The zero-order chi connectivity index (χ0) is 26.3. The summed E-state index contributed by atoms with van der Waals surface area (Å²) in [6, 6.07) is 14.1. The maximum atomic E-state index is 13.5. The third kappa shape index (κ3) is 6.85. The minimum atomic E-state index is -0.682. The lowest BCUT2D eigenvalue weighted by Crippen LogP contribution is -2.33. The van der Waals surface area contributed by atoms with Crippen LogP contribution in [0.25, 0.3) is 11.0 Å². The van der Waals surface area contributed by atoms with E-state index in [1.54, 1.807) is 45.0 Å². The van der Waals surface area contributed by atoms with E-state index in [9.17, 15) is 9.59 Å². The Morgan fingerprint density at radius 1 is 1.11 bits per heavy atom. The fourth-order valence-corrected chi connectivity index (χ4v) is 4.07. The Balaban J connectivity index is 1.91. The number of carbonyl (C=O) groups is 2. The molecule has 3 rings (SSSR count). The molecule has 0 aliphatic carbocycles. The Bertz CT molecular complexity index is 1230. The van der Waals surface area contributed by atoms with Crippen molar-refractivity contribution in [2.24, 2.45) is 0 Å². The molecule has 8 nitrogen and oxygen atoms in total. The molecule has 0 bridgehead atoms. The Kier molecular flexibility index (Phi) is 9.09. The number of hydrogen-bond donors (Lipinski definition) is 3. The number of imidazole rings is 1. The highest BCUT2D eigenvalue weighted by atomic mass is 35.5. The Hall–Kier alpha value is -3.39. The van der Waals surface area contributed by atoms with Gasteiger partial charge in [0.25, 0.3) is 5.91 Å². The van der Waals surface area contributed by atoms with Crippen LogP contribution in [0.2, 0.25) is 0 Å². The van der Waals surface area contributed by atoms with Crippen LogP contribution in [0.15, 0.2) is 48.5 Å². The SMILES string of the molecule is CCn1c([C@H](CCCNC(=N)CCl)NC(=O)c2ccccc2C(=O)OC(C)(C)C)nc2ccccc21. The zero-order valence-corrected chi connectivity index (χ0v) is 22.0.